The number of nitrogens with two attached hydrogens (primary N) is 1. The molecule has 1 fully saturated rings. The SMILES string of the molecule is NC(=S)c1cccc(NC(=O)C2CCCS2)c1. The fourth-order valence-electron chi connectivity index (χ4n) is 1.76. The maximum absolute atomic E-state index is 11.9. The van der Waals surface area contributed by atoms with Crippen LogP contribution in [-0.2, 0) is 4.79 Å². The fourth-order valence-corrected chi connectivity index (χ4v) is 3.05. The summed E-state index contributed by atoms with van der Waals surface area (Å²) < 4.78 is 0. The topological polar surface area (TPSA) is 55.1 Å². The van der Waals surface area contributed by atoms with E-state index in [1.165, 1.54) is 0 Å². The van der Waals surface area contributed by atoms with E-state index in [2.05, 4.69) is 5.32 Å². The van der Waals surface area contributed by atoms with Gasteiger partial charge in [0.15, 0.2) is 0 Å². The summed E-state index contributed by atoms with van der Waals surface area (Å²) in [6.07, 6.45) is 2.08. The summed E-state index contributed by atoms with van der Waals surface area (Å²) in [6, 6.07) is 7.33. The van der Waals surface area contributed by atoms with Gasteiger partial charge in [-0.3, -0.25) is 4.79 Å². The lowest BCUT2D eigenvalue weighted by Crippen LogP contribution is -2.23. The van der Waals surface area contributed by atoms with E-state index in [0.29, 0.717) is 4.99 Å². The number of benzene rings is 1. The highest BCUT2D eigenvalue weighted by Crippen LogP contribution is 2.27. The molecule has 1 aliphatic rings. The van der Waals surface area contributed by atoms with E-state index < -0.39 is 0 Å². The summed E-state index contributed by atoms with van der Waals surface area (Å²) in [6.45, 7) is 0. The van der Waals surface area contributed by atoms with Crippen LogP contribution in [0.4, 0.5) is 5.69 Å². The largest absolute Gasteiger partial charge is 0.389 e. The Kier molecular flexibility index (Phi) is 4.02. The number of hydrogen-bond donors (Lipinski definition) is 2. The first-order valence-electron chi connectivity index (χ1n) is 5.49. The average Bonchev–Trinajstić information content (AvgIpc) is 2.82. The summed E-state index contributed by atoms with van der Waals surface area (Å²) in [5, 5.41) is 2.99. The van der Waals surface area contributed by atoms with Gasteiger partial charge in [0.05, 0.1) is 5.25 Å². The van der Waals surface area contributed by atoms with Gasteiger partial charge in [0, 0.05) is 11.3 Å². The Morgan fingerprint density at radius 3 is 3.00 bits per heavy atom. The van der Waals surface area contributed by atoms with Crippen molar-refractivity contribution in [3.8, 4) is 0 Å². The normalized spacial score (nSPS) is 18.9. The lowest BCUT2D eigenvalue weighted by atomic mass is 10.2. The summed E-state index contributed by atoms with van der Waals surface area (Å²) in [5.74, 6) is 1.15. The lowest BCUT2D eigenvalue weighted by Gasteiger charge is -2.10. The molecule has 1 atom stereocenters. The Hall–Kier alpha value is -1.07. The van der Waals surface area contributed by atoms with Crippen LogP contribution in [0.15, 0.2) is 24.3 Å². The molecule has 1 unspecified atom stereocenters. The number of amides is 1. The van der Waals surface area contributed by atoms with Crippen LogP contribution in [-0.4, -0.2) is 21.9 Å². The number of nitrogens with one attached hydrogen (secondary N) is 1. The first kappa shape index (κ1) is 12.4. The van der Waals surface area contributed by atoms with E-state index in [4.69, 9.17) is 18.0 Å². The van der Waals surface area contributed by atoms with E-state index in [1.54, 1.807) is 17.8 Å². The zero-order chi connectivity index (χ0) is 12.3. The van der Waals surface area contributed by atoms with Crippen molar-refractivity contribution in [1.29, 1.82) is 0 Å². The van der Waals surface area contributed by atoms with Crippen molar-refractivity contribution in [3.05, 3.63) is 29.8 Å². The van der Waals surface area contributed by atoms with Crippen LogP contribution < -0.4 is 11.1 Å². The van der Waals surface area contributed by atoms with Gasteiger partial charge in [0.1, 0.15) is 4.99 Å². The number of carbonyl (C=O) groups excluding carboxylic acids is 1. The van der Waals surface area contributed by atoms with E-state index in [-0.39, 0.29) is 11.2 Å². The molecule has 1 aliphatic heterocycles. The summed E-state index contributed by atoms with van der Waals surface area (Å²) in [5.41, 5.74) is 7.08. The zero-order valence-corrected chi connectivity index (χ0v) is 10.9. The number of hydrogen-bond acceptors (Lipinski definition) is 3. The van der Waals surface area contributed by atoms with Gasteiger partial charge in [0.25, 0.3) is 0 Å². The van der Waals surface area contributed by atoms with Crippen LogP contribution in [0.25, 0.3) is 0 Å². The minimum atomic E-state index is 0.0765. The van der Waals surface area contributed by atoms with Crippen molar-refractivity contribution in [2.75, 3.05) is 11.1 Å². The highest BCUT2D eigenvalue weighted by Gasteiger charge is 2.23. The van der Waals surface area contributed by atoms with Crippen molar-refractivity contribution in [1.82, 2.24) is 0 Å². The summed E-state index contributed by atoms with van der Waals surface area (Å²) in [4.78, 5) is 12.2. The molecule has 17 heavy (non-hydrogen) atoms. The number of thioether (sulfide) groups is 1. The molecule has 2 rings (SSSR count). The second-order valence-corrected chi connectivity index (χ2v) is 5.69. The molecule has 0 aromatic heterocycles. The molecule has 0 radical (unpaired) electrons. The number of carbonyl (C=O) groups is 1. The van der Waals surface area contributed by atoms with Gasteiger partial charge in [-0.2, -0.15) is 0 Å². The monoisotopic (exact) mass is 266 g/mol. The number of anilines is 1. The van der Waals surface area contributed by atoms with Crippen LogP contribution in [0.2, 0.25) is 0 Å². The Bertz CT molecular complexity index is 442. The average molecular weight is 266 g/mol. The van der Waals surface area contributed by atoms with E-state index in [9.17, 15) is 4.79 Å². The molecule has 0 spiro atoms. The van der Waals surface area contributed by atoms with Gasteiger partial charge < -0.3 is 11.1 Å². The molecule has 3 N–H and O–H groups in total. The molecule has 90 valence electrons. The molecule has 1 amide bonds. The third-order valence-electron chi connectivity index (χ3n) is 2.64. The van der Waals surface area contributed by atoms with E-state index in [0.717, 1.165) is 29.8 Å². The molecule has 3 nitrogen and oxygen atoms in total. The van der Waals surface area contributed by atoms with Crippen molar-refractivity contribution >= 4 is 40.6 Å². The fraction of sp³-hybridized carbons (Fsp3) is 0.333. The van der Waals surface area contributed by atoms with Crippen LogP contribution in [0.1, 0.15) is 18.4 Å². The van der Waals surface area contributed by atoms with Crippen LogP contribution in [0.3, 0.4) is 0 Å². The molecule has 1 aromatic rings. The Morgan fingerprint density at radius 1 is 1.53 bits per heavy atom. The van der Waals surface area contributed by atoms with Gasteiger partial charge in [-0.1, -0.05) is 24.4 Å². The third kappa shape index (κ3) is 3.20. The van der Waals surface area contributed by atoms with E-state index in [1.807, 2.05) is 18.2 Å². The standard InChI is InChI=1S/C12H14N2OS2/c13-11(16)8-3-1-4-9(7-8)14-12(15)10-5-2-6-17-10/h1,3-4,7,10H,2,5-6H2,(H2,13,16)(H,14,15). The van der Waals surface area contributed by atoms with Crippen LogP contribution in [0, 0.1) is 0 Å². The Morgan fingerprint density at radius 2 is 2.35 bits per heavy atom. The van der Waals surface area contributed by atoms with Gasteiger partial charge in [0.2, 0.25) is 5.91 Å². The van der Waals surface area contributed by atoms with Gasteiger partial charge >= 0.3 is 0 Å². The highest BCUT2D eigenvalue weighted by atomic mass is 32.2. The molecule has 0 bridgehead atoms. The third-order valence-corrected chi connectivity index (χ3v) is 4.25. The van der Waals surface area contributed by atoms with Crippen molar-refractivity contribution in [2.24, 2.45) is 5.73 Å². The van der Waals surface area contributed by atoms with Gasteiger partial charge in [-0.15, -0.1) is 11.8 Å². The van der Waals surface area contributed by atoms with Crippen LogP contribution >= 0.6 is 24.0 Å². The maximum atomic E-state index is 11.9. The molecule has 1 heterocycles. The molecule has 0 saturated carbocycles. The molecule has 1 aromatic carbocycles. The predicted molar refractivity (Wildman–Crippen MR) is 76.4 cm³/mol. The Balaban J connectivity index is 2.05. The predicted octanol–water partition coefficient (Wildman–Crippen LogP) is 2.15. The van der Waals surface area contributed by atoms with Crippen molar-refractivity contribution in [2.45, 2.75) is 18.1 Å². The maximum Gasteiger partial charge on any atom is 0.237 e. The second kappa shape index (κ2) is 5.51. The van der Waals surface area contributed by atoms with Gasteiger partial charge in [-0.05, 0) is 30.7 Å². The molecular weight excluding hydrogens is 252 g/mol. The second-order valence-electron chi connectivity index (χ2n) is 3.94. The quantitative estimate of drug-likeness (QED) is 0.823. The van der Waals surface area contributed by atoms with Crippen molar-refractivity contribution in [3.63, 3.8) is 0 Å². The summed E-state index contributed by atoms with van der Waals surface area (Å²) in [7, 11) is 0. The Labute approximate surface area is 110 Å². The zero-order valence-electron chi connectivity index (χ0n) is 9.31. The van der Waals surface area contributed by atoms with Crippen LogP contribution in [0.5, 0.6) is 0 Å². The smallest absolute Gasteiger partial charge is 0.237 e. The van der Waals surface area contributed by atoms with Crippen molar-refractivity contribution < 1.29 is 4.79 Å². The molecule has 1 saturated heterocycles. The molecular formula is C12H14N2OS2. The van der Waals surface area contributed by atoms with E-state index >= 15 is 0 Å². The summed E-state index contributed by atoms with van der Waals surface area (Å²) >= 11 is 6.62. The number of rotatable bonds is 3. The minimum Gasteiger partial charge on any atom is -0.389 e. The minimum absolute atomic E-state index is 0.0765. The van der Waals surface area contributed by atoms with Gasteiger partial charge in [-0.25, -0.2) is 0 Å². The molecule has 5 heteroatoms. The first-order chi connectivity index (χ1) is 8.16. The molecule has 0 aliphatic carbocycles. The lowest BCUT2D eigenvalue weighted by molar-refractivity contribution is -0.115. The highest BCUT2D eigenvalue weighted by molar-refractivity contribution is 8.00. The number of thiocarbonyl (C=S) groups is 1. The first-order valence-corrected chi connectivity index (χ1v) is 6.95.